The van der Waals surface area contributed by atoms with Gasteiger partial charge in [-0.1, -0.05) is 38.3 Å². The summed E-state index contributed by atoms with van der Waals surface area (Å²) in [6, 6.07) is 10.4. The number of fused-ring (bicyclic) bond motifs is 4. The number of rotatable bonds is 4. The lowest BCUT2D eigenvalue weighted by molar-refractivity contribution is -0.113. The first kappa shape index (κ1) is 15.6. The first-order chi connectivity index (χ1) is 12.1. The van der Waals surface area contributed by atoms with Crippen LogP contribution in [0.25, 0.3) is 16.6 Å². The maximum atomic E-state index is 11.9. The molecule has 2 aliphatic heterocycles. The van der Waals surface area contributed by atoms with Crippen LogP contribution >= 0.6 is 0 Å². The molecule has 3 heterocycles. The lowest BCUT2D eigenvalue weighted by atomic mass is 9.93. The lowest BCUT2D eigenvalue weighted by Gasteiger charge is -2.30. The summed E-state index contributed by atoms with van der Waals surface area (Å²) in [6.45, 7) is 10.8. The lowest BCUT2D eigenvalue weighted by Crippen LogP contribution is -2.20. The van der Waals surface area contributed by atoms with Gasteiger partial charge < -0.3 is 4.90 Å². The zero-order chi connectivity index (χ0) is 17.6. The molecular formula is C22H20N2O. The third kappa shape index (κ3) is 2.43. The van der Waals surface area contributed by atoms with Crippen molar-refractivity contribution in [2.75, 3.05) is 0 Å². The first-order valence-corrected chi connectivity index (χ1v) is 8.57. The van der Waals surface area contributed by atoms with Crippen LogP contribution in [0.1, 0.15) is 31.0 Å². The Bertz CT molecular complexity index is 994. The molecule has 124 valence electrons. The van der Waals surface area contributed by atoms with Crippen LogP contribution in [0, 0.1) is 0 Å². The number of pyridine rings is 1. The SMILES string of the molecule is C=CC(=O)CC1=C(CC)C(=C)N2Cc3cc4ccccc4nc3C2=C1. The number of para-hydroxylation sites is 1. The smallest absolute Gasteiger partial charge is 0.159 e. The number of benzene rings is 1. The van der Waals surface area contributed by atoms with E-state index in [2.05, 4.69) is 43.2 Å². The van der Waals surface area contributed by atoms with E-state index in [1.807, 2.05) is 18.2 Å². The second-order valence-corrected chi connectivity index (χ2v) is 6.46. The molecule has 0 amide bonds. The number of aromatic nitrogens is 1. The minimum Gasteiger partial charge on any atom is -0.335 e. The summed E-state index contributed by atoms with van der Waals surface area (Å²) in [6.07, 6.45) is 4.72. The molecule has 0 fully saturated rings. The van der Waals surface area contributed by atoms with Crippen LogP contribution in [-0.4, -0.2) is 15.7 Å². The fourth-order valence-corrected chi connectivity index (χ4v) is 3.72. The molecule has 0 saturated carbocycles. The fourth-order valence-electron chi connectivity index (χ4n) is 3.72. The zero-order valence-electron chi connectivity index (χ0n) is 14.4. The van der Waals surface area contributed by atoms with Crippen molar-refractivity contribution in [2.24, 2.45) is 0 Å². The molecule has 2 aromatic rings. The average molecular weight is 328 g/mol. The van der Waals surface area contributed by atoms with Gasteiger partial charge in [-0.25, -0.2) is 4.98 Å². The minimum absolute atomic E-state index is 0.0312. The summed E-state index contributed by atoms with van der Waals surface area (Å²) in [7, 11) is 0. The van der Waals surface area contributed by atoms with Crippen LogP contribution in [0.15, 0.2) is 72.5 Å². The predicted octanol–water partition coefficient (Wildman–Crippen LogP) is 4.77. The van der Waals surface area contributed by atoms with E-state index >= 15 is 0 Å². The van der Waals surface area contributed by atoms with Crippen molar-refractivity contribution >= 4 is 22.4 Å². The minimum atomic E-state index is 0.0312. The molecule has 0 spiro atoms. The van der Waals surface area contributed by atoms with Crippen molar-refractivity contribution in [3.63, 3.8) is 0 Å². The topological polar surface area (TPSA) is 33.2 Å². The van der Waals surface area contributed by atoms with Gasteiger partial charge in [-0.15, -0.1) is 0 Å². The Labute approximate surface area is 147 Å². The Morgan fingerprint density at radius 1 is 1.36 bits per heavy atom. The van der Waals surface area contributed by atoms with E-state index in [4.69, 9.17) is 4.98 Å². The van der Waals surface area contributed by atoms with Crippen LogP contribution in [-0.2, 0) is 11.3 Å². The average Bonchev–Trinajstić information content (AvgIpc) is 2.98. The van der Waals surface area contributed by atoms with E-state index in [9.17, 15) is 4.79 Å². The Kier molecular flexibility index (Phi) is 3.65. The van der Waals surface area contributed by atoms with Crippen molar-refractivity contribution in [2.45, 2.75) is 26.3 Å². The standard InChI is InChI=1S/C22H20N2O/c1-4-18(25)11-16-12-21-22-17(13-24(21)14(3)19(16)5-2)10-15-8-6-7-9-20(15)23-22/h4,6-10,12H,1,3,5,11,13H2,2H3. The van der Waals surface area contributed by atoms with E-state index in [0.29, 0.717) is 6.42 Å². The highest BCUT2D eigenvalue weighted by atomic mass is 16.1. The molecule has 1 aromatic heterocycles. The normalized spacial score (nSPS) is 16.0. The number of ketones is 1. The summed E-state index contributed by atoms with van der Waals surface area (Å²) < 4.78 is 0. The fraction of sp³-hybridized carbons (Fsp3) is 0.182. The van der Waals surface area contributed by atoms with Gasteiger partial charge in [-0.05, 0) is 41.9 Å². The summed E-state index contributed by atoms with van der Waals surface area (Å²) in [5, 5.41) is 1.15. The van der Waals surface area contributed by atoms with Crippen molar-refractivity contribution in [1.82, 2.24) is 9.88 Å². The molecule has 0 unspecified atom stereocenters. The molecule has 2 aliphatic rings. The number of nitrogens with zero attached hydrogens (tertiary/aromatic N) is 2. The van der Waals surface area contributed by atoms with E-state index in [1.54, 1.807) is 0 Å². The molecule has 25 heavy (non-hydrogen) atoms. The molecule has 3 nitrogen and oxygen atoms in total. The number of hydrogen-bond donors (Lipinski definition) is 0. The number of carbonyl (C=O) groups is 1. The summed E-state index contributed by atoms with van der Waals surface area (Å²) in [4.78, 5) is 19.0. The summed E-state index contributed by atoms with van der Waals surface area (Å²) in [5.41, 5.74) is 7.41. The summed E-state index contributed by atoms with van der Waals surface area (Å²) >= 11 is 0. The van der Waals surface area contributed by atoms with Gasteiger partial charge in [0.25, 0.3) is 0 Å². The van der Waals surface area contributed by atoms with Crippen LogP contribution in [0.5, 0.6) is 0 Å². The van der Waals surface area contributed by atoms with Gasteiger partial charge in [-0.2, -0.15) is 0 Å². The van der Waals surface area contributed by atoms with Crippen molar-refractivity contribution in [3.8, 4) is 0 Å². The van der Waals surface area contributed by atoms with Gasteiger partial charge in [0.15, 0.2) is 5.78 Å². The Morgan fingerprint density at radius 2 is 2.16 bits per heavy atom. The number of hydrogen-bond acceptors (Lipinski definition) is 3. The van der Waals surface area contributed by atoms with Gasteiger partial charge in [-0.3, -0.25) is 4.79 Å². The molecule has 0 aliphatic carbocycles. The predicted molar refractivity (Wildman–Crippen MR) is 102 cm³/mol. The largest absolute Gasteiger partial charge is 0.335 e. The highest BCUT2D eigenvalue weighted by molar-refractivity contribution is 5.93. The van der Waals surface area contributed by atoms with Gasteiger partial charge in [0.1, 0.15) is 0 Å². The van der Waals surface area contributed by atoms with Crippen LogP contribution in [0.3, 0.4) is 0 Å². The van der Waals surface area contributed by atoms with Gasteiger partial charge in [0.05, 0.1) is 23.5 Å². The highest BCUT2D eigenvalue weighted by Gasteiger charge is 2.32. The second kappa shape index (κ2) is 5.85. The third-order valence-corrected chi connectivity index (χ3v) is 4.98. The quantitative estimate of drug-likeness (QED) is 0.758. The Morgan fingerprint density at radius 3 is 2.92 bits per heavy atom. The first-order valence-electron chi connectivity index (χ1n) is 8.57. The third-order valence-electron chi connectivity index (χ3n) is 4.98. The van der Waals surface area contributed by atoms with Gasteiger partial charge in [0, 0.05) is 23.1 Å². The molecule has 0 radical (unpaired) electrons. The van der Waals surface area contributed by atoms with Crippen molar-refractivity contribution in [1.29, 1.82) is 0 Å². The highest BCUT2D eigenvalue weighted by Crippen LogP contribution is 2.43. The summed E-state index contributed by atoms with van der Waals surface area (Å²) in [5.74, 6) is 0.0312. The molecule has 4 rings (SSSR count). The van der Waals surface area contributed by atoms with Crippen molar-refractivity contribution in [3.05, 3.63) is 83.7 Å². The molecule has 0 atom stereocenters. The van der Waals surface area contributed by atoms with E-state index in [1.165, 1.54) is 11.6 Å². The maximum absolute atomic E-state index is 11.9. The monoisotopic (exact) mass is 328 g/mol. The van der Waals surface area contributed by atoms with Gasteiger partial charge >= 0.3 is 0 Å². The van der Waals surface area contributed by atoms with Crippen LogP contribution in [0.4, 0.5) is 0 Å². The molecular weight excluding hydrogens is 308 g/mol. The van der Waals surface area contributed by atoms with Crippen LogP contribution < -0.4 is 0 Å². The molecule has 0 bridgehead atoms. The Hall–Kier alpha value is -2.94. The van der Waals surface area contributed by atoms with Gasteiger partial charge in [0.2, 0.25) is 0 Å². The van der Waals surface area contributed by atoms with E-state index in [0.717, 1.165) is 52.1 Å². The van der Waals surface area contributed by atoms with E-state index < -0.39 is 0 Å². The second-order valence-electron chi connectivity index (χ2n) is 6.46. The van der Waals surface area contributed by atoms with Crippen LogP contribution in [0.2, 0.25) is 0 Å². The van der Waals surface area contributed by atoms with E-state index in [-0.39, 0.29) is 5.78 Å². The number of allylic oxidation sites excluding steroid dienone is 4. The number of carbonyl (C=O) groups excluding carboxylic acids is 1. The Balaban J connectivity index is 1.86. The molecule has 1 aromatic carbocycles. The van der Waals surface area contributed by atoms with Crippen molar-refractivity contribution < 1.29 is 4.79 Å². The molecule has 0 saturated heterocycles. The molecule has 3 heteroatoms. The maximum Gasteiger partial charge on any atom is 0.159 e. The molecule has 0 N–H and O–H groups in total. The zero-order valence-corrected chi connectivity index (χ0v) is 14.4.